The molecule has 0 unspecified atom stereocenters. The molecule has 2 atom stereocenters. The summed E-state index contributed by atoms with van der Waals surface area (Å²) in [6.45, 7) is 3.18. The van der Waals surface area contributed by atoms with Gasteiger partial charge in [-0.15, -0.1) is 0 Å². The molecule has 3 rings (SSSR count). The standard InChI is InChI=1S/C18H24N4OS/c1-24-8-2-7-22-11-16(13-3-4-13)17(12-22)21-18(23)14-5-6-15(9-19)20-10-14/h5-6,10,13,16-17H,2-4,7-8,11-12H2,1H3,(H,21,23)/t16-,17+/m1/s1. The molecule has 128 valence electrons. The van der Waals surface area contributed by atoms with Crippen LogP contribution in [0.25, 0.3) is 0 Å². The molecule has 24 heavy (non-hydrogen) atoms. The Hall–Kier alpha value is -1.58. The van der Waals surface area contributed by atoms with Gasteiger partial charge in [0.25, 0.3) is 5.91 Å². The van der Waals surface area contributed by atoms with Crippen LogP contribution in [0.3, 0.4) is 0 Å². The van der Waals surface area contributed by atoms with Gasteiger partial charge in [0.15, 0.2) is 0 Å². The first-order valence-electron chi connectivity index (χ1n) is 8.59. The van der Waals surface area contributed by atoms with Crippen LogP contribution in [0.4, 0.5) is 0 Å². The first kappa shape index (κ1) is 17.2. The molecule has 2 fully saturated rings. The van der Waals surface area contributed by atoms with Gasteiger partial charge < -0.3 is 10.2 Å². The quantitative estimate of drug-likeness (QED) is 0.768. The number of thioether (sulfide) groups is 1. The summed E-state index contributed by atoms with van der Waals surface area (Å²) in [6.07, 6.45) is 7.44. The van der Waals surface area contributed by atoms with E-state index in [9.17, 15) is 4.79 Å². The van der Waals surface area contributed by atoms with Crippen LogP contribution >= 0.6 is 11.8 Å². The van der Waals surface area contributed by atoms with Crippen LogP contribution in [0.15, 0.2) is 18.3 Å². The van der Waals surface area contributed by atoms with E-state index >= 15 is 0 Å². The Bertz CT molecular complexity index is 608. The van der Waals surface area contributed by atoms with Crippen LogP contribution in [0.2, 0.25) is 0 Å². The predicted molar refractivity (Wildman–Crippen MR) is 95.9 cm³/mol. The van der Waals surface area contributed by atoms with Gasteiger partial charge in [0.05, 0.1) is 5.56 Å². The van der Waals surface area contributed by atoms with Gasteiger partial charge in [0.2, 0.25) is 0 Å². The third kappa shape index (κ3) is 4.28. The highest BCUT2D eigenvalue weighted by atomic mass is 32.2. The summed E-state index contributed by atoms with van der Waals surface area (Å²) in [6, 6.07) is 5.48. The number of likely N-dealkylation sites (tertiary alicyclic amines) is 1. The van der Waals surface area contributed by atoms with Crippen LogP contribution in [0.5, 0.6) is 0 Å². The van der Waals surface area contributed by atoms with E-state index < -0.39 is 0 Å². The van der Waals surface area contributed by atoms with Crippen LogP contribution in [0.1, 0.15) is 35.3 Å². The molecule has 1 N–H and O–H groups in total. The summed E-state index contributed by atoms with van der Waals surface area (Å²) in [5, 5.41) is 12.0. The van der Waals surface area contributed by atoms with Crippen LogP contribution in [0, 0.1) is 23.2 Å². The predicted octanol–water partition coefficient (Wildman–Crippen LogP) is 2.15. The van der Waals surface area contributed by atoms with Gasteiger partial charge in [-0.1, -0.05) is 0 Å². The lowest BCUT2D eigenvalue weighted by molar-refractivity contribution is 0.0927. The molecule has 1 aromatic rings. The molecule has 6 heteroatoms. The van der Waals surface area contributed by atoms with Gasteiger partial charge in [-0.3, -0.25) is 4.79 Å². The fourth-order valence-corrected chi connectivity index (χ4v) is 3.95. The van der Waals surface area contributed by atoms with Gasteiger partial charge in [-0.05, 0) is 61.8 Å². The number of nitrogens with zero attached hydrogens (tertiary/aromatic N) is 3. The zero-order valence-corrected chi connectivity index (χ0v) is 14.9. The number of aromatic nitrogens is 1. The van der Waals surface area contributed by atoms with E-state index in [1.807, 2.05) is 17.8 Å². The van der Waals surface area contributed by atoms with E-state index in [1.165, 1.54) is 31.2 Å². The molecule has 1 amide bonds. The van der Waals surface area contributed by atoms with E-state index in [0.29, 0.717) is 17.2 Å². The van der Waals surface area contributed by atoms with Crippen LogP contribution < -0.4 is 5.32 Å². The fourth-order valence-electron chi connectivity index (χ4n) is 3.53. The van der Waals surface area contributed by atoms with Crippen molar-refractivity contribution in [3.8, 4) is 6.07 Å². The Balaban J connectivity index is 1.59. The second kappa shape index (κ2) is 8.00. The van der Waals surface area contributed by atoms with Crippen molar-refractivity contribution in [2.45, 2.75) is 25.3 Å². The van der Waals surface area contributed by atoms with E-state index in [1.54, 1.807) is 12.1 Å². The monoisotopic (exact) mass is 344 g/mol. The Kier molecular flexibility index (Phi) is 5.75. The second-order valence-electron chi connectivity index (χ2n) is 6.73. The number of pyridine rings is 1. The molecule has 0 aromatic carbocycles. The summed E-state index contributed by atoms with van der Waals surface area (Å²) in [4.78, 5) is 19.0. The number of carbonyl (C=O) groups excluding carboxylic acids is 1. The van der Waals surface area contributed by atoms with E-state index in [-0.39, 0.29) is 11.9 Å². The van der Waals surface area contributed by atoms with Crippen molar-refractivity contribution < 1.29 is 4.79 Å². The van der Waals surface area contributed by atoms with Crippen LogP contribution in [-0.2, 0) is 0 Å². The molecular weight excluding hydrogens is 320 g/mol. The first-order valence-corrected chi connectivity index (χ1v) is 9.99. The zero-order chi connectivity index (χ0) is 16.9. The van der Waals surface area contributed by atoms with Crippen molar-refractivity contribution in [3.05, 3.63) is 29.6 Å². The second-order valence-corrected chi connectivity index (χ2v) is 7.72. The van der Waals surface area contributed by atoms with E-state index in [4.69, 9.17) is 5.26 Å². The Morgan fingerprint density at radius 2 is 2.29 bits per heavy atom. The van der Waals surface area contributed by atoms with Crippen molar-refractivity contribution in [2.75, 3.05) is 31.6 Å². The van der Waals surface area contributed by atoms with E-state index in [2.05, 4.69) is 21.5 Å². The van der Waals surface area contributed by atoms with Crippen molar-refractivity contribution in [3.63, 3.8) is 0 Å². The maximum Gasteiger partial charge on any atom is 0.253 e. The van der Waals surface area contributed by atoms with Gasteiger partial charge >= 0.3 is 0 Å². The lowest BCUT2D eigenvalue weighted by atomic mass is 9.98. The van der Waals surface area contributed by atoms with Crippen molar-refractivity contribution in [1.29, 1.82) is 5.26 Å². The summed E-state index contributed by atoms with van der Waals surface area (Å²) < 4.78 is 0. The van der Waals surface area contributed by atoms with Gasteiger partial charge in [-0.2, -0.15) is 17.0 Å². The summed E-state index contributed by atoms with van der Waals surface area (Å²) in [5.74, 6) is 2.47. The Morgan fingerprint density at radius 1 is 1.46 bits per heavy atom. The highest BCUT2D eigenvalue weighted by Gasteiger charge is 2.42. The lowest BCUT2D eigenvalue weighted by Crippen LogP contribution is -2.41. The van der Waals surface area contributed by atoms with Crippen LogP contribution in [-0.4, -0.2) is 53.5 Å². The van der Waals surface area contributed by atoms with Crippen molar-refractivity contribution in [1.82, 2.24) is 15.2 Å². The molecule has 2 heterocycles. The number of rotatable bonds is 7. The number of amides is 1. The molecule has 1 aromatic heterocycles. The average Bonchev–Trinajstić information content (AvgIpc) is 3.37. The third-order valence-corrected chi connectivity index (χ3v) is 5.64. The molecule has 0 spiro atoms. The molecule has 2 aliphatic rings. The number of carbonyl (C=O) groups is 1. The normalized spacial score (nSPS) is 23.8. The molecule has 5 nitrogen and oxygen atoms in total. The molecule has 1 saturated carbocycles. The maximum absolute atomic E-state index is 12.5. The number of hydrogen-bond acceptors (Lipinski definition) is 5. The van der Waals surface area contributed by atoms with E-state index in [0.717, 1.165) is 25.6 Å². The molecule has 0 radical (unpaired) electrons. The van der Waals surface area contributed by atoms with Gasteiger partial charge in [0.1, 0.15) is 11.8 Å². The summed E-state index contributed by atoms with van der Waals surface area (Å²) >= 11 is 1.89. The Morgan fingerprint density at radius 3 is 2.92 bits per heavy atom. The minimum absolute atomic E-state index is 0.0754. The minimum Gasteiger partial charge on any atom is -0.348 e. The van der Waals surface area contributed by atoms with Gasteiger partial charge in [-0.25, -0.2) is 4.98 Å². The molecular formula is C18H24N4OS. The minimum atomic E-state index is -0.0754. The summed E-state index contributed by atoms with van der Waals surface area (Å²) in [5.41, 5.74) is 0.868. The molecule has 1 aliphatic heterocycles. The molecule has 1 saturated heterocycles. The van der Waals surface area contributed by atoms with Gasteiger partial charge in [0, 0.05) is 25.3 Å². The maximum atomic E-state index is 12.5. The third-order valence-electron chi connectivity index (χ3n) is 4.95. The fraction of sp³-hybridized carbons (Fsp3) is 0.611. The summed E-state index contributed by atoms with van der Waals surface area (Å²) in [7, 11) is 0. The lowest BCUT2D eigenvalue weighted by Gasteiger charge is -2.19. The topological polar surface area (TPSA) is 69.0 Å². The first-order chi connectivity index (χ1) is 11.7. The number of nitrogens with one attached hydrogen (secondary N) is 1. The highest BCUT2D eigenvalue weighted by Crippen LogP contribution is 2.41. The number of nitriles is 1. The highest BCUT2D eigenvalue weighted by molar-refractivity contribution is 7.98. The molecule has 0 bridgehead atoms. The average molecular weight is 344 g/mol. The SMILES string of the molecule is CSCCCN1C[C@H](NC(=O)c2ccc(C#N)nc2)[C@@H](C2CC2)C1. The zero-order valence-electron chi connectivity index (χ0n) is 14.1. The van der Waals surface area contributed by atoms with Crippen molar-refractivity contribution in [2.24, 2.45) is 11.8 Å². The Labute approximate surface area is 147 Å². The smallest absolute Gasteiger partial charge is 0.253 e. The van der Waals surface area contributed by atoms with Crippen molar-refractivity contribution >= 4 is 17.7 Å². The largest absolute Gasteiger partial charge is 0.348 e. The molecule has 1 aliphatic carbocycles. The number of hydrogen-bond donors (Lipinski definition) is 1.